The van der Waals surface area contributed by atoms with E-state index in [1.807, 2.05) is 39.2 Å². The molecule has 2 aromatic heterocycles. The van der Waals surface area contributed by atoms with Crippen molar-refractivity contribution in [1.29, 1.82) is 0 Å². The van der Waals surface area contributed by atoms with Crippen molar-refractivity contribution in [2.24, 2.45) is 7.05 Å². The maximum atomic E-state index is 5.39. The first kappa shape index (κ1) is 13.3. The third kappa shape index (κ3) is 3.94. The van der Waals surface area contributed by atoms with Crippen LogP contribution in [0.1, 0.15) is 18.4 Å². The van der Waals surface area contributed by atoms with Gasteiger partial charge in [-0.15, -0.1) is 0 Å². The molecular weight excluding hydrogens is 242 g/mol. The van der Waals surface area contributed by atoms with Gasteiger partial charge in [0.05, 0.1) is 12.3 Å². The van der Waals surface area contributed by atoms with Gasteiger partial charge >= 0.3 is 0 Å². The molecule has 0 bridgehead atoms. The molecule has 2 aromatic rings. The minimum atomic E-state index is 0.601. The van der Waals surface area contributed by atoms with Crippen LogP contribution in [0.2, 0.25) is 0 Å². The minimum absolute atomic E-state index is 0.601. The summed E-state index contributed by atoms with van der Waals surface area (Å²) < 4.78 is 7.19. The molecule has 6 nitrogen and oxygen atoms in total. The van der Waals surface area contributed by atoms with E-state index >= 15 is 0 Å². The summed E-state index contributed by atoms with van der Waals surface area (Å²) in [5, 5.41) is 7.59. The van der Waals surface area contributed by atoms with E-state index in [4.69, 9.17) is 4.74 Å². The zero-order chi connectivity index (χ0) is 13.7. The van der Waals surface area contributed by atoms with E-state index in [1.54, 1.807) is 4.68 Å². The Kier molecular flexibility index (Phi) is 4.33. The first-order valence-corrected chi connectivity index (χ1v) is 6.38. The van der Waals surface area contributed by atoms with Crippen molar-refractivity contribution in [2.75, 3.05) is 18.5 Å². The molecule has 0 radical (unpaired) electrons. The third-order valence-electron chi connectivity index (χ3n) is 2.56. The van der Waals surface area contributed by atoms with Crippen molar-refractivity contribution in [3.05, 3.63) is 29.8 Å². The lowest BCUT2D eigenvalue weighted by atomic mass is 10.3. The molecule has 0 saturated heterocycles. The van der Waals surface area contributed by atoms with Crippen LogP contribution >= 0.6 is 0 Å². The van der Waals surface area contributed by atoms with Crippen molar-refractivity contribution in [2.45, 2.75) is 20.3 Å². The number of aryl methyl sites for hydroxylation is 2. The SMILES string of the molecule is CCOc1cc(NCCc2ccn(C)n2)nc(C)n1. The van der Waals surface area contributed by atoms with E-state index < -0.39 is 0 Å². The highest BCUT2D eigenvalue weighted by Crippen LogP contribution is 2.13. The largest absolute Gasteiger partial charge is 0.478 e. The summed E-state index contributed by atoms with van der Waals surface area (Å²) in [6.07, 6.45) is 2.80. The van der Waals surface area contributed by atoms with Crippen LogP contribution in [0.15, 0.2) is 18.3 Å². The maximum Gasteiger partial charge on any atom is 0.218 e. The van der Waals surface area contributed by atoms with Crippen molar-refractivity contribution in [3.63, 3.8) is 0 Å². The van der Waals surface area contributed by atoms with Gasteiger partial charge in [-0.2, -0.15) is 10.1 Å². The fourth-order valence-corrected chi connectivity index (χ4v) is 1.77. The van der Waals surface area contributed by atoms with Crippen LogP contribution in [0.4, 0.5) is 5.82 Å². The molecule has 0 aromatic carbocycles. The molecule has 0 aliphatic heterocycles. The summed E-state index contributed by atoms with van der Waals surface area (Å²) in [4.78, 5) is 8.53. The second kappa shape index (κ2) is 6.17. The number of hydrogen-bond acceptors (Lipinski definition) is 5. The van der Waals surface area contributed by atoms with Crippen LogP contribution in [0, 0.1) is 6.92 Å². The van der Waals surface area contributed by atoms with Crippen LogP contribution < -0.4 is 10.1 Å². The second-order valence-corrected chi connectivity index (χ2v) is 4.23. The van der Waals surface area contributed by atoms with Gasteiger partial charge in [-0.05, 0) is 19.9 Å². The quantitative estimate of drug-likeness (QED) is 0.855. The van der Waals surface area contributed by atoms with Crippen molar-refractivity contribution >= 4 is 5.82 Å². The summed E-state index contributed by atoms with van der Waals surface area (Å²) in [6.45, 7) is 5.17. The molecule has 6 heteroatoms. The van der Waals surface area contributed by atoms with Crippen molar-refractivity contribution < 1.29 is 4.74 Å². The summed E-state index contributed by atoms with van der Waals surface area (Å²) in [5.41, 5.74) is 1.06. The van der Waals surface area contributed by atoms with Gasteiger partial charge in [0, 0.05) is 32.3 Å². The smallest absolute Gasteiger partial charge is 0.218 e. The molecule has 0 unspecified atom stereocenters. The predicted octanol–water partition coefficient (Wildman–Crippen LogP) is 1.57. The summed E-state index contributed by atoms with van der Waals surface area (Å²) in [6, 6.07) is 3.83. The highest BCUT2D eigenvalue weighted by molar-refractivity contribution is 5.38. The summed E-state index contributed by atoms with van der Waals surface area (Å²) in [5.74, 6) is 2.09. The molecule has 0 atom stereocenters. The van der Waals surface area contributed by atoms with Crippen molar-refractivity contribution in [1.82, 2.24) is 19.7 Å². The number of hydrogen-bond donors (Lipinski definition) is 1. The van der Waals surface area contributed by atoms with E-state index in [0.29, 0.717) is 18.3 Å². The minimum Gasteiger partial charge on any atom is -0.478 e. The van der Waals surface area contributed by atoms with Crippen LogP contribution in [0.3, 0.4) is 0 Å². The lowest BCUT2D eigenvalue weighted by Gasteiger charge is -2.08. The number of rotatable bonds is 6. The van der Waals surface area contributed by atoms with Gasteiger partial charge in [-0.25, -0.2) is 4.98 Å². The van der Waals surface area contributed by atoms with Gasteiger partial charge in [0.2, 0.25) is 5.88 Å². The number of aromatic nitrogens is 4. The maximum absolute atomic E-state index is 5.39. The molecule has 19 heavy (non-hydrogen) atoms. The number of anilines is 1. The van der Waals surface area contributed by atoms with Crippen molar-refractivity contribution in [3.8, 4) is 5.88 Å². The normalized spacial score (nSPS) is 10.5. The number of ether oxygens (including phenoxy) is 1. The van der Waals surface area contributed by atoms with Crippen LogP contribution in [-0.2, 0) is 13.5 Å². The molecule has 0 aliphatic carbocycles. The second-order valence-electron chi connectivity index (χ2n) is 4.23. The van der Waals surface area contributed by atoms with Crippen LogP contribution in [0.5, 0.6) is 5.88 Å². The van der Waals surface area contributed by atoms with Gasteiger partial charge in [-0.1, -0.05) is 0 Å². The van der Waals surface area contributed by atoms with E-state index in [2.05, 4.69) is 20.4 Å². The van der Waals surface area contributed by atoms with E-state index in [-0.39, 0.29) is 0 Å². The number of nitrogens with one attached hydrogen (secondary N) is 1. The zero-order valence-corrected chi connectivity index (χ0v) is 11.6. The molecule has 0 fully saturated rings. The van der Waals surface area contributed by atoms with Gasteiger partial charge in [-0.3, -0.25) is 4.68 Å². The lowest BCUT2D eigenvalue weighted by molar-refractivity contribution is 0.325. The molecule has 0 aliphatic rings. The lowest BCUT2D eigenvalue weighted by Crippen LogP contribution is -2.09. The van der Waals surface area contributed by atoms with Gasteiger partial charge < -0.3 is 10.1 Å². The standard InChI is InChI=1S/C13H19N5O/c1-4-19-13-9-12(15-10(2)16-13)14-7-5-11-6-8-18(3)17-11/h6,8-9H,4-5,7H2,1-3H3,(H,14,15,16). The average molecular weight is 261 g/mol. The fraction of sp³-hybridized carbons (Fsp3) is 0.462. The zero-order valence-electron chi connectivity index (χ0n) is 11.6. The summed E-state index contributed by atoms with van der Waals surface area (Å²) in [7, 11) is 1.92. The summed E-state index contributed by atoms with van der Waals surface area (Å²) >= 11 is 0. The first-order valence-electron chi connectivity index (χ1n) is 6.38. The highest BCUT2D eigenvalue weighted by Gasteiger charge is 2.03. The average Bonchev–Trinajstić information content (AvgIpc) is 2.75. The Balaban J connectivity index is 1.91. The molecule has 0 saturated carbocycles. The molecule has 1 N–H and O–H groups in total. The molecule has 2 rings (SSSR count). The molecule has 102 valence electrons. The Bertz CT molecular complexity index is 538. The Morgan fingerprint density at radius 2 is 2.21 bits per heavy atom. The third-order valence-corrected chi connectivity index (χ3v) is 2.56. The topological polar surface area (TPSA) is 64.9 Å². The molecule has 2 heterocycles. The Morgan fingerprint density at radius 1 is 1.37 bits per heavy atom. The van der Waals surface area contributed by atoms with Crippen LogP contribution in [0.25, 0.3) is 0 Å². The fourth-order valence-electron chi connectivity index (χ4n) is 1.77. The number of nitrogens with zero attached hydrogens (tertiary/aromatic N) is 4. The highest BCUT2D eigenvalue weighted by atomic mass is 16.5. The molecule has 0 spiro atoms. The van der Waals surface area contributed by atoms with E-state index in [1.165, 1.54) is 0 Å². The Labute approximate surface area is 112 Å². The molecule has 0 amide bonds. The van der Waals surface area contributed by atoms with Gasteiger partial charge in [0.1, 0.15) is 11.6 Å². The molecular formula is C13H19N5O. The van der Waals surface area contributed by atoms with Gasteiger partial charge in [0.15, 0.2) is 0 Å². The van der Waals surface area contributed by atoms with E-state index in [9.17, 15) is 0 Å². The monoisotopic (exact) mass is 261 g/mol. The predicted molar refractivity (Wildman–Crippen MR) is 73.3 cm³/mol. The van der Waals surface area contributed by atoms with E-state index in [0.717, 1.165) is 24.5 Å². The Morgan fingerprint density at radius 3 is 2.89 bits per heavy atom. The first-order chi connectivity index (χ1) is 9.17. The Hall–Kier alpha value is -2.11. The van der Waals surface area contributed by atoms with Crippen LogP contribution in [-0.4, -0.2) is 32.9 Å². The van der Waals surface area contributed by atoms with Gasteiger partial charge in [0.25, 0.3) is 0 Å².